The van der Waals surface area contributed by atoms with E-state index in [2.05, 4.69) is 11.8 Å². The lowest BCUT2D eigenvalue weighted by Crippen LogP contribution is -2.59. The van der Waals surface area contributed by atoms with Gasteiger partial charge < -0.3 is 15.4 Å². The number of amides is 1. The van der Waals surface area contributed by atoms with Crippen molar-refractivity contribution in [2.75, 3.05) is 39.9 Å². The Morgan fingerprint density at radius 2 is 1.92 bits per heavy atom. The molecule has 0 aliphatic carbocycles. The monoisotopic (exact) mass is 377 g/mol. The molecule has 138 valence electrons. The minimum Gasteiger partial charge on any atom is -0.383 e. The Balaban J connectivity index is 0.00000264. The van der Waals surface area contributed by atoms with Gasteiger partial charge in [-0.3, -0.25) is 9.69 Å². The van der Waals surface area contributed by atoms with E-state index in [1.54, 1.807) is 14.0 Å². The molecule has 1 aromatic carbocycles. The first-order chi connectivity index (χ1) is 10.5. The first-order valence-corrected chi connectivity index (χ1v) is 7.83. The number of methoxy groups -OCH3 is 1. The highest BCUT2D eigenvalue weighted by molar-refractivity contribution is 5.87. The molecular weight excluding hydrogens is 349 g/mol. The Morgan fingerprint density at radius 3 is 2.46 bits per heavy atom. The molecule has 2 unspecified atom stereocenters. The number of hydrogen-bond donors (Lipinski definition) is 1. The van der Waals surface area contributed by atoms with Crippen LogP contribution in [0.4, 0.5) is 0 Å². The normalized spacial score (nSPS) is 20.5. The van der Waals surface area contributed by atoms with Gasteiger partial charge in [-0.25, -0.2) is 0 Å². The van der Waals surface area contributed by atoms with Crippen molar-refractivity contribution in [1.29, 1.82) is 0 Å². The molecule has 1 saturated heterocycles. The Kier molecular flexibility index (Phi) is 9.85. The zero-order valence-corrected chi connectivity index (χ0v) is 16.2. The number of nitrogens with zero attached hydrogens (tertiary/aromatic N) is 2. The average Bonchev–Trinajstić information content (AvgIpc) is 2.53. The highest BCUT2D eigenvalue weighted by Gasteiger charge is 2.37. The Hall–Kier alpha value is -0.850. The van der Waals surface area contributed by atoms with Crippen molar-refractivity contribution in [3.8, 4) is 0 Å². The molecule has 2 atom stereocenters. The molecule has 24 heavy (non-hydrogen) atoms. The summed E-state index contributed by atoms with van der Waals surface area (Å²) in [6.45, 7) is 7.85. The lowest BCUT2D eigenvalue weighted by atomic mass is 9.91. The zero-order valence-electron chi connectivity index (χ0n) is 14.6. The van der Waals surface area contributed by atoms with Crippen LogP contribution in [0.5, 0.6) is 0 Å². The fourth-order valence-corrected chi connectivity index (χ4v) is 2.96. The molecule has 0 spiro atoms. The van der Waals surface area contributed by atoms with E-state index in [9.17, 15) is 4.79 Å². The van der Waals surface area contributed by atoms with E-state index < -0.39 is 5.54 Å². The molecule has 1 aliphatic rings. The molecule has 1 aliphatic heterocycles. The number of rotatable bonds is 5. The number of piperazine rings is 1. The van der Waals surface area contributed by atoms with E-state index in [-0.39, 0.29) is 30.7 Å². The molecule has 2 rings (SSSR count). The van der Waals surface area contributed by atoms with Crippen LogP contribution in [0, 0.1) is 0 Å². The third-order valence-corrected chi connectivity index (χ3v) is 4.45. The molecule has 0 bridgehead atoms. The minimum atomic E-state index is -0.977. The van der Waals surface area contributed by atoms with Gasteiger partial charge in [-0.15, -0.1) is 24.8 Å². The molecule has 1 aromatic rings. The number of halogens is 2. The average molecular weight is 378 g/mol. The summed E-state index contributed by atoms with van der Waals surface area (Å²) in [6, 6.07) is 9.91. The van der Waals surface area contributed by atoms with Gasteiger partial charge in [0.25, 0.3) is 0 Å². The molecule has 1 fully saturated rings. The minimum absolute atomic E-state index is 0. The number of hydrogen-bond acceptors (Lipinski definition) is 4. The predicted octanol–water partition coefficient (Wildman–Crippen LogP) is 1.88. The Labute approximate surface area is 157 Å². The van der Waals surface area contributed by atoms with E-state index in [1.807, 2.05) is 35.2 Å². The van der Waals surface area contributed by atoms with Gasteiger partial charge in [-0.05, 0) is 19.4 Å². The van der Waals surface area contributed by atoms with Crippen molar-refractivity contribution in [2.45, 2.75) is 25.4 Å². The fourth-order valence-electron chi connectivity index (χ4n) is 2.96. The van der Waals surface area contributed by atoms with Crippen LogP contribution in [0.15, 0.2) is 30.3 Å². The number of carbonyl (C=O) groups excluding carboxylic acids is 1. The lowest BCUT2D eigenvalue weighted by molar-refractivity contribution is -0.139. The van der Waals surface area contributed by atoms with Crippen LogP contribution >= 0.6 is 24.8 Å². The number of nitrogens with two attached hydrogens (primary N) is 1. The molecule has 0 radical (unpaired) electrons. The van der Waals surface area contributed by atoms with E-state index in [4.69, 9.17) is 10.5 Å². The lowest BCUT2D eigenvalue weighted by Gasteiger charge is -2.42. The van der Waals surface area contributed by atoms with Gasteiger partial charge in [0.15, 0.2) is 0 Å². The number of ether oxygens (including phenoxy) is 1. The van der Waals surface area contributed by atoms with Gasteiger partial charge in [0.2, 0.25) is 5.91 Å². The predicted molar refractivity (Wildman–Crippen MR) is 102 cm³/mol. The van der Waals surface area contributed by atoms with Crippen molar-refractivity contribution in [1.82, 2.24) is 9.80 Å². The van der Waals surface area contributed by atoms with E-state index in [0.29, 0.717) is 19.1 Å². The highest BCUT2D eigenvalue weighted by Crippen LogP contribution is 2.22. The molecule has 0 saturated carbocycles. The number of carbonyl (C=O) groups is 1. The maximum Gasteiger partial charge on any atom is 0.247 e. The molecule has 1 amide bonds. The van der Waals surface area contributed by atoms with Crippen molar-refractivity contribution >= 4 is 30.7 Å². The second-order valence-corrected chi connectivity index (χ2v) is 6.20. The van der Waals surface area contributed by atoms with E-state index >= 15 is 0 Å². The third-order valence-electron chi connectivity index (χ3n) is 4.45. The summed E-state index contributed by atoms with van der Waals surface area (Å²) in [4.78, 5) is 17.1. The van der Waals surface area contributed by atoms with Crippen LogP contribution in [-0.4, -0.2) is 61.6 Å². The second-order valence-electron chi connectivity index (χ2n) is 6.20. The second kappa shape index (κ2) is 10.2. The van der Waals surface area contributed by atoms with Crippen LogP contribution in [0.1, 0.15) is 19.4 Å². The smallest absolute Gasteiger partial charge is 0.247 e. The van der Waals surface area contributed by atoms with Crippen LogP contribution < -0.4 is 5.73 Å². The summed E-state index contributed by atoms with van der Waals surface area (Å²) >= 11 is 0. The van der Waals surface area contributed by atoms with Crippen LogP contribution in [0.3, 0.4) is 0 Å². The third kappa shape index (κ3) is 5.33. The van der Waals surface area contributed by atoms with Crippen molar-refractivity contribution < 1.29 is 9.53 Å². The van der Waals surface area contributed by atoms with Crippen molar-refractivity contribution in [3.63, 3.8) is 0 Å². The van der Waals surface area contributed by atoms with Gasteiger partial charge in [0.05, 0.1) is 6.61 Å². The summed E-state index contributed by atoms with van der Waals surface area (Å²) in [7, 11) is 1.71. The summed E-state index contributed by atoms with van der Waals surface area (Å²) in [5.41, 5.74) is 6.23. The SMILES string of the molecule is COCCN1CCN(C(=O)C(C)(N)c2ccccc2)CC1C.Cl.Cl. The zero-order chi connectivity index (χ0) is 16.2. The molecule has 2 N–H and O–H groups in total. The largest absolute Gasteiger partial charge is 0.383 e. The molecule has 1 heterocycles. The van der Waals surface area contributed by atoms with Crippen LogP contribution in [0.25, 0.3) is 0 Å². The van der Waals surface area contributed by atoms with E-state index in [0.717, 1.165) is 25.3 Å². The van der Waals surface area contributed by atoms with Gasteiger partial charge in [-0.1, -0.05) is 30.3 Å². The maximum atomic E-state index is 12.8. The van der Waals surface area contributed by atoms with Crippen LogP contribution in [-0.2, 0) is 15.1 Å². The summed E-state index contributed by atoms with van der Waals surface area (Å²) < 4.78 is 5.14. The van der Waals surface area contributed by atoms with Gasteiger partial charge in [0.1, 0.15) is 5.54 Å². The van der Waals surface area contributed by atoms with Gasteiger partial charge >= 0.3 is 0 Å². The quantitative estimate of drug-likeness (QED) is 0.850. The highest BCUT2D eigenvalue weighted by atomic mass is 35.5. The van der Waals surface area contributed by atoms with Crippen LogP contribution in [0.2, 0.25) is 0 Å². The first kappa shape index (κ1) is 23.1. The maximum absolute atomic E-state index is 12.8. The molecule has 5 nitrogen and oxygen atoms in total. The fraction of sp³-hybridized carbons (Fsp3) is 0.588. The molecule has 7 heteroatoms. The van der Waals surface area contributed by atoms with Gasteiger partial charge in [-0.2, -0.15) is 0 Å². The van der Waals surface area contributed by atoms with Crippen molar-refractivity contribution in [3.05, 3.63) is 35.9 Å². The van der Waals surface area contributed by atoms with Gasteiger partial charge in [0, 0.05) is 39.3 Å². The van der Waals surface area contributed by atoms with E-state index in [1.165, 1.54) is 0 Å². The standard InChI is InChI=1S/C17H27N3O2.2ClH/c1-14-13-20(10-9-19(14)11-12-22-3)16(21)17(2,18)15-7-5-4-6-8-15;;/h4-8,14H,9-13,18H2,1-3H3;2*1H. The Morgan fingerprint density at radius 1 is 1.29 bits per heavy atom. The topological polar surface area (TPSA) is 58.8 Å². The summed E-state index contributed by atoms with van der Waals surface area (Å²) in [5, 5.41) is 0. The summed E-state index contributed by atoms with van der Waals surface area (Å²) in [5.74, 6) is -0.00283. The Bertz CT molecular complexity index is 500. The number of benzene rings is 1. The summed E-state index contributed by atoms with van der Waals surface area (Å²) in [6.07, 6.45) is 0. The molecule has 0 aromatic heterocycles. The van der Waals surface area contributed by atoms with Crippen molar-refractivity contribution in [2.24, 2.45) is 5.73 Å². The molecular formula is C17H29Cl2N3O2. The first-order valence-electron chi connectivity index (χ1n) is 7.83.